The van der Waals surface area contributed by atoms with Crippen LogP contribution in [0.25, 0.3) is 11.0 Å². The zero-order valence-electron chi connectivity index (χ0n) is 11.6. The molecule has 0 aliphatic rings. The highest BCUT2D eigenvalue weighted by Crippen LogP contribution is 2.23. The molecule has 0 radical (unpaired) electrons. The van der Waals surface area contributed by atoms with Crippen LogP contribution in [-0.4, -0.2) is 28.5 Å². The van der Waals surface area contributed by atoms with Gasteiger partial charge in [0.2, 0.25) is 0 Å². The fourth-order valence-corrected chi connectivity index (χ4v) is 2.41. The predicted molar refractivity (Wildman–Crippen MR) is 76.7 cm³/mol. The molecule has 2 rings (SSSR count). The van der Waals surface area contributed by atoms with Gasteiger partial charge in [-0.25, -0.2) is 4.98 Å². The van der Waals surface area contributed by atoms with Gasteiger partial charge in [-0.1, -0.05) is 32.4 Å². The number of rotatable bonds is 6. The third kappa shape index (κ3) is 2.72. The molecule has 98 valence electrons. The third-order valence-corrected chi connectivity index (χ3v) is 3.51. The maximum Gasteiger partial charge on any atom is 0.124 e. The summed E-state index contributed by atoms with van der Waals surface area (Å²) < 4.78 is 0. The summed E-state index contributed by atoms with van der Waals surface area (Å²) in [5, 5.41) is 0. The second-order valence-electron chi connectivity index (χ2n) is 4.90. The molecule has 3 nitrogen and oxygen atoms in total. The van der Waals surface area contributed by atoms with Gasteiger partial charge in [0.05, 0.1) is 17.1 Å². The van der Waals surface area contributed by atoms with Gasteiger partial charge < -0.3 is 4.98 Å². The largest absolute Gasteiger partial charge is 0.341 e. The number of hydrogen-bond donors (Lipinski definition) is 1. The first-order chi connectivity index (χ1) is 8.76. The van der Waals surface area contributed by atoms with E-state index < -0.39 is 0 Å². The van der Waals surface area contributed by atoms with Crippen molar-refractivity contribution >= 4 is 11.0 Å². The number of aromatic amines is 1. The van der Waals surface area contributed by atoms with Crippen LogP contribution in [0.2, 0.25) is 0 Å². The molecule has 3 heteroatoms. The van der Waals surface area contributed by atoms with Crippen LogP contribution in [0.3, 0.4) is 0 Å². The fourth-order valence-electron chi connectivity index (χ4n) is 2.41. The van der Waals surface area contributed by atoms with Crippen LogP contribution < -0.4 is 0 Å². The zero-order chi connectivity index (χ0) is 13.0. The number of aromatic nitrogens is 2. The summed E-state index contributed by atoms with van der Waals surface area (Å²) in [5.41, 5.74) is 2.20. The number of unbranched alkanes of at least 4 members (excludes halogenated alkanes) is 1. The number of hydrogen-bond acceptors (Lipinski definition) is 2. The molecule has 0 amide bonds. The van der Waals surface area contributed by atoms with Crippen LogP contribution in [0.15, 0.2) is 24.3 Å². The molecule has 0 aliphatic carbocycles. The summed E-state index contributed by atoms with van der Waals surface area (Å²) in [6.45, 7) is 5.59. The Morgan fingerprint density at radius 1 is 1.28 bits per heavy atom. The van der Waals surface area contributed by atoms with Crippen molar-refractivity contribution < 1.29 is 0 Å². The maximum absolute atomic E-state index is 4.72. The molecule has 2 aromatic rings. The normalized spacial score (nSPS) is 13.3. The quantitative estimate of drug-likeness (QED) is 0.840. The van der Waals surface area contributed by atoms with E-state index in [1.807, 2.05) is 12.1 Å². The smallest absolute Gasteiger partial charge is 0.124 e. The molecule has 1 aromatic heterocycles. The lowest BCUT2D eigenvalue weighted by Crippen LogP contribution is -2.26. The predicted octanol–water partition coefficient (Wildman–Crippen LogP) is 3.75. The number of nitrogens with one attached hydrogen (secondary N) is 1. The minimum atomic E-state index is 0.393. The highest BCUT2D eigenvalue weighted by molar-refractivity contribution is 5.74. The van der Waals surface area contributed by atoms with E-state index in [1.54, 1.807) is 0 Å². The summed E-state index contributed by atoms with van der Waals surface area (Å²) in [6, 6.07) is 8.63. The van der Waals surface area contributed by atoms with Crippen LogP contribution in [-0.2, 0) is 0 Å². The third-order valence-electron chi connectivity index (χ3n) is 3.51. The van der Waals surface area contributed by atoms with Crippen LogP contribution in [0, 0.1) is 0 Å². The van der Waals surface area contributed by atoms with E-state index in [9.17, 15) is 0 Å². The van der Waals surface area contributed by atoms with Crippen molar-refractivity contribution in [3.63, 3.8) is 0 Å². The Morgan fingerprint density at radius 3 is 2.72 bits per heavy atom. The average molecular weight is 245 g/mol. The van der Waals surface area contributed by atoms with Gasteiger partial charge in [-0.2, -0.15) is 0 Å². The molecule has 0 saturated carbocycles. The number of para-hydroxylation sites is 2. The first-order valence-corrected chi connectivity index (χ1v) is 6.91. The van der Waals surface area contributed by atoms with E-state index in [2.05, 4.69) is 42.9 Å². The number of nitrogens with zero attached hydrogens (tertiary/aromatic N) is 2. The second kappa shape index (κ2) is 6.01. The van der Waals surface area contributed by atoms with Crippen molar-refractivity contribution in [2.45, 2.75) is 39.2 Å². The number of imidazole rings is 1. The molecule has 0 saturated heterocycles. The highest BCUT2D eigenvalue weighted by atomic mass is 15.2. The van der Waals surface area contributed by atoms with E-state index in [0.717, 1.165) is 29.8 Å². The van der Waals surface area contributed by atoms with E-state index in [1.165, 1.54) is 12.8 Å². The van der Waals surface area contributed by atoms with Crippen molar-refractivity contribution in [2.75, 3.05) is 13.6 Å². The summed E-state index contributed by atoms with van der Waals surface area (Å²) in [4.78, 5) is 10.6. The maximum atomic E-state index is 4.72. The summed E-state index contributed by atoms with van der Waals surface area (Å²) in [5.74, 6) is 1.09. The molecule has 1 unspecified atom stereocenters. The van der Waals surface area contributed by atoms with E-state index in [0.29, 0.717) is 6.04 Å². The lowest BCUT2D eigenvalue weighted by Gasteiger charge is -2.25. The Bertz CT molecular complexity index is 456. The summed E-state index contributed by atoms with van der Waals surface area (Å²) >= 11 is 0. The summed E-state index contributed by atoms with van der Waals surface area (Å²) in [7, 11) is 2.19. The first-order valence-electron chi connectivity index (χ1n) is 6.91. The molecule has 18 heavy (non-hydrogen) atoms. The SMILES string of the molecule is CCCCN(C)C(CC)c1nc2ccccc2[nH]1. The van der Waals surface area contributed by atoms with Crippen LogP contribution >= 0.6 is 0 Å². The van der Waals surface area contributed by atoms with Crippen molar-refractivity contribution in [1.82, 2.24) is 14.9 Å². The van der Waals surface area contributed by atoms with Gasteiger partial charge in [0.25, 0.3) is 0 Å². The fraction of sp³-hybridized carbons (Fsp3) is 0.533. The Balaban J connectivity index is 2.20. The standard InChI is InChI=1S/C15H23N3/c1-4-6-11-18(3)14(5-2)15-16-12-9-7-8-10-13(12)17-15/h7-10,14H,4-6,11H2,1-3H3,(H,16,17). The monoisotopic (exact) mass is 245 g/mol. The molecule has 0 aliphatic heterocycles. The lowest BCUT2D eigenvalue weighted by molar-refractivity contribution is 0.227. The molecule has 1 heterocycles. The molecule has 0 fully saturated rings. The zero-order valence-corrected chi connectivity index (χ0v) is 11.6. The minimum absolute atomic E-state index is 0.393. The molecule has 0 spiro atoms. The van der Waals surface area contributed by atoms with Gasteiger partial charge in [0.1, 0.15) is 5.82 Å². The van der Waals surface area contributed by atoms with Crippen LogP contribution in [0.5, 0.6) is 0 Å². The van der Waals surface area contributed by atoms with Crippen molar-refractivity contribution in [2.24, 2.45) is 0 Å². The molecular weight excluding hydrogens is 222 g/mol. The van der Waals surface area contributed by atoms with Gasteiger partial charge in [-0.15, -0.1) is 0 Å². The molecule has 1 N–H and O–H groups in total. The van der Waals surface area contributed by atoms with Crippen molar-refractivity contribution in [3.8, 4) is 0 Å². The minimum Gasteiger partial charge on any atom is -0.341 e. The molecule has 1 atom stereocenters. The Kier molecular flexibility index (Phi) is 4.37. The van der Waals surface area contributed by atoms with Gasteiger partial charge in [-0.05, 0) is 38.6 Å². The van der Waals surface area contributed by atoms with Gasteiger partial charge >= 0.3 is 0 Å². The second-order valence-corrected chi connectivity index (χ2v) is 4.90. The van der Waals surface area contributed by atoms with Crippen LogP contribution in [0.1, 0.15) is 45.0 Å². The molecular formula is C15H23N3. The number of fused-ring (bicyclic) bond motifs is 1. The highest BCUT2D eigenvalue weighted by Gasteiger charge is 2.18. The average Bonchev–Trinajstić information content (AvgIpc) is 2.80. The van der Waals surface area contributed by atoms with Crippen molar-refractivity contribution in [3.05, 3.63) is 30.1 Å². The summed E-state index contributed by atoms with van der Waals surface area (Å²) in [6.07, 6.45) is 3.56. The lowest BCUT2D eigenvalue weighted by atomic mass is 10.1. The van der Waals surface area contributed by atoms with Crippen LogP contribution in [0.4, 0.5) is 0 Å². The van der Waals surface area contributed by atoms with E-state index >= 15 is 0 Å². The van der Waals surface area contributed by atoms with E-state index in [4.69, 9.17) is 4.98 Å². The van der Waals surface area contributed by atoms with Gasteiger partial charge in [0, 0.05) is 0 Å². The Morgan fingerprint density at radius 2 is 2.06 bits per heavy atom. The van der Waals surface area contributed by atoms with Gasteiger partial charge in [-0.3, -0.25) is 4.90 Å². The van der Waals surface area contributed by atoms with Crippen molar-refractivity contribution in [1.29, 1.82) is 0 Å². The van der Waals surface area contributed by atoms with Gasteiger partial charge in [0.15, 0.2) is 0 Å². The molecule has 0 bridgehead atoms. The number of H-pyrrole nitrogens is 1. The van der Waals surface area contributed by atoms with E-state index in [-0.39, 0.29) is 0 Å². The first kappa shape index (κ1) is 13.1. The Hall–Kier alpha value is -1.35. The molecule has 1 aromatic carbocycles. The number of benzene rings is 1. The topological polar surface area (TPSA) is 31.9 Å². The Labute approximate surface area is 109 Å².